The molecule has 0 fully saturated rings. The molecule has 4 aromatic heterocycles. The average molecular weight is 368 g/mol. The number of rotatable bonds is 5. The van der Waals surface area contributed by atoms with Crippen molar-refractivity contribution in [2.24, 2.45) is 7.05 Å². The van der Waals surface area contributed by atoms with Crippen molar-refractivity contribution in [2.75, 3.05) is 10.6 Å². The summed E-state index contributed by atoms with van der Waals surface area (Å²) < 4.78 is 8.11. The van der Waals surface area contributed by atoms with Gasteiger partial charge in [0.05, 0.1) is 23.1 Å². The first-order valence-corrected chi connectivity index (χ1v) is 9.12. The Morgan fingerprint density at radius 1 is 1.23 bits per heavy atom. The van der Waals surface area contributed by atoms with Gasteiger partial charge in [0.1, 0.15) is 10.5 Å². The standard InChI is InChI=1S/C17H20N8S/c1-10(2)19-16-15-13(5-6-25(15)12-8-18-24(4)9-12)20-17(22-16)21-14-7-11(3)23-26-14/h5-10H,1-4H3,(H2,19,20,21,22). The van der Waals surface area contributed by atoms with Gasteiger partial charge in [0.25, 0.3) is 0 Å². The van der Waals surface area contributed by atoms with Crippen molar-refractivity contribution in [1.29, 1.82) is 0 Å². The van der Waals surface area contributed by atoms with Gasteiger partial charge in [0, 0.05) is 25.5 Å². The molecular weight excluding hydrogens is 348 g/mol. The second-order valence-electron chi connectivity index (χ2n) is 6.44. The lowest BCUT2D eigenvalue weighted by Gasteiger charge is -2.13. The van der Waals surface area contributed by atoms with Crippen molar-refractivity contribution in [3.8, 4) is 5.69 Å². The van der Waals surface area contributed by atoms with Gasteiger partial charge < -0.3 is 15.2 Å². The highest BCUT2D eigenvalue weighted by atomic mass is 32.1. The van der Waals surface area contributed by atoms with E-state index in [2.05, 4.69) is 38.9 Å². The van der Waals surface area contributed by atoms with Crippen LogP contribution in [0.25, 0.3) is 16.7 Å². The van der Waals surface area contributed by atoms with Crippen LogP contribution in [0.1, 0.15) is 19.5 Å². The third kappa shape index (κ3) is 3.13. The fourth-order valence-corrected chi connectivity index (χ4v) is 3.41. The lowest BCUT2D eigenvalue weighted by molar-refractivity contribution is 0.767. The van der Waals surface area contributed by atoms with Crippen molar-refractivity contribution in [2.45, 2.75) is 26.8 Å². The minimum absolute atomic E-state index is 0.240. The second kappa shape index (κ2) is 6.41. The molecule has 4 rings (SSSR count). The molecule has 134 valence electrons. The Bertz CT molecular complexity index is 1060. The fourth-order valence-electron chi connectivity index (χ4n) is 2.76. The van der Waals surface area contributed by atoms with Gasteiger partial charge in [-0.15, -0.1) is 0 Å². The molecule has 0 aliphatic heterocycles. The third-order valence-corrected chi connectivity index (χ3v) is 4.59. The number of nitrogens with zero attached hydrogens (tertiary/aromatic N) is 6. The van der Waals surface area contributed by atoms with E-state index in [1.165, 1.54) is 11.5 Å². The van der Waals surface area contributed by atoms with Crippen molar-refractivity contribution in [1.82, 2.24) is 28.7 Å². The molecule has 0 aliphatic carbocycles. The monoisotopic (exact) mass is 368 g/mol. The van der Waals surface area contributed by atoms with Crippen molar-refractivity contribution < 1.29 is 0 Å². The van der Waals surface area contributed by atoms with Crippen molar-refractivity contribution in [3.05, 3.63) is 36.4 Å². The summed E-state index contributed by atoms with van der Waals surface area (Å²) in [5.74, 6) is 1.33. The number of fused-ring (bicyclic) bond motifs is 1. The van der Waals surface area contributed by atoms with E-state index in [-0.39, 0.29) is 6.04 Å². The summed E-state index contributed by atoms with van der Waals surface area (Å²) in [6, 6.07) is 4.21. The highest BCUT2D eigenvalue weighted by Crippen LogP contribution is 2.28. The third-order valence-electron chi connectivity index (χ3n) is 3.79. The van der Waals surface area contributed by atoms with Crippen LogP contribution in [-0.4, -0.2) is 34.7 Å². The van der Waals surface area contributed by atoms with Gasteiger partial charge in [-0.25, -0.2) is 4.98 Å². The molecule has 8 nitrogen and oxygen atoms in total. The van der Waals surface area contributed by atoms with Gasteiger partial charge >= 0.3 is 0 Å². The van der Waals surface area contributed by atoms with E-state index in [0.29, 0.717) is 5.95 Å². The lowest BCUT2D eigenvalue weighted by atomic mass is 10.3. The van der Waals surface area contributed by atoms with Crippen LogP contribution in [0.5, 0.6) is 0 Å². The SMILES string of the molecule is Cc1cc(Nc2nc(NC(C)C)c3c(ccn3-c3cnn(C)c3)n2)sn1. The molecule has 0 aromatic carbocycles. The number of hydrogen-bond donors (Lipinski definition) is 2. The molecule has 0 bridgehead atoms. The Morgan fingerprint density at radius 2 is 2.08 bits per heavy atom. The van der Waals surface area contributed by atoms with E-state index in [1.54, 1.807) is 4.68 Å². The Labute approximate surface area is 155 Å². The molecule has 0 saturated carbocycles. The lowest BCUT2D eigenvalue weighted by Crippen LogP contribution is -2.13. The quantitative estimate of drug-likeness (QED) is 0.561. The highest BCUT2D eigenvalue weighted by Gasteiger charge is 2.15. The maximum Gasteiger partial charge on any atom is 0.230 e. The second-order valence-corrected chi connectivity index (χ2v) is 7.25. The van der Waals surface area contributed by atoms with Crippen LogP contribution in [0.2, 0.25) is 0 Å². The van der Waals surface area contributed by atoms with Crippen LogP contribution in [0.15, 0.2) is 30.7 Å². The van der Waals surface area contributed by atoms with E-state index in [4.69, 9.17) is 4.98 Å². The van der Waals surface area contributed by atoms with Crippen LogP contribution in [0.3, 0.4) is 0 Å². The minimum Gasteiger partial charge on any atom is -0.366 e. The summed E-state index contributed by atoms with van der Waals surface area (Å²) in [6.07, 6.45) is 5.78. The smallest absolute Gasteiger partial charge is 0.230 e. The van der Waals surface area contributed by atoms with Crippen LogP contribution in [0, 0.1) is 6.92 Å². The predicted molar refractivity (Wildman–Crippen MR) is 105 cm³/mol. The van der Waals surface area contributed by atoms with E-state index < -0.39 is 0 Å². The number of nitrogens with one attached hydrogen (secondary N) is 2. The van der Waals surface area contributed by atoms with Gasteiger partial charge in [-0.05, 0) is 44.4 Å². The Morgan fingerprint density at radius 3 is 2.73 bits per heavy atom. The summed E-state index contributed by atoms with van der Waals surface area (Å²) in [7, 11) is 1.90. The number of anilines is 3. The van der Waals surface area contributed by atoms with Gasteiger partial charge in [0.2, 0.25) is 5.95 Å². The van der Waals surface area contributed by atoms with Crippen LogP contribution >= 0.6 is 11.5 Å². The number of aryl methyl sites for hydroxylation is 2. The summed E-state index contributed by atoms with van der Waals surface area (Å²) in [6.45, 7) is 6.14. The highest BCUT2D eigenvalue weighted by molar-refractivity contribution is 7.10. The normalized spacial score (nSPS) is 11.4. The Hall–Kier alpha value is -2.94. The molecule has 0 radical (unpaired) electrons. The Balaban J connectivity index is 1.82. The van der Waals surface area contributed by atoms with Gasteiger partial charge in [0.15, 0.2) is 5.82 Å². The number of hydrogen-bond acceptors (Lipinski definition) is 7. The van der Waals surface area contributed by atoms with Crippen LogP contribution in [0.4, 0.5) is 16.8 Å². The molecule has 4 aromatic rings. The predicted octanol–water partition coefficient (Wildman–Crippen LogP) is 3.48. The van der Waals surface area contributed by atoms with Crippen LogP contribution < -0.4 is 10.6 Å². The molecule has 0 unspecified atom stereocenters. The zero-order chi connectivity index (χ0) is 18.3. The maximum atomic E-state index is 4.71. The first-order valence-electron chi connectivity index (χ1n) is 8.34. The topological polar surface area (TPSA) is 85.5 Å². The van der Waals surface area contributed by atoms with E-state index in [1.807, 2.05) is 49.3 Å². The largest absolute Gasteiger partial charge is 0.366 e. The summed E-state index contributed by atoms with van der Waals surface area (Å²) >= 11 is 1.40. The molecular formula is C17H20N8S. The molecule has 0 aliphatic rings. The summed E-state index contributed by atoms with van der Waals surface area (Å²) in [5.41, 5.74) is 3.73. The Kier molecular flexibility index (Phi) is 4.08. The summed E-state index contributed by atoms with van der Waals surface area (Å²) in [4.78, 5) is 9.38. The minimum atomic E-state index is 0.240. The van der Waals surface area contributed by atoms with E-state index >= 15 is 0 Å². The van der Waals surface area contributed by atoms with E-state index in [9.17, 15) is 0 Å². The average Bonchev–Trinajstić information content (AvgIpc) is 3.27. The van der Waals surface area contributed by atoms with Crippen molar-refractivity contribution >= 4 is 39.3 Å². The molecule has 0 atom stereocenters. The molecule has 0 spiro atoms. The molecule has 2 N–H and O–H groups in total. The van der Waals surface area contributed by atoms with Gasteiger partial charge in [-0.2, -0.15) is 14.5 Å². The molecule has 0 saturated heterocycles. The van der Waals surface area contributed by atoms with Gasteiger partial charge in [-0.1, -0.05) is 0 Å². The maximum absolute atomic E-state index is 4.71. The first kappa shape index (κ1) is 16.5. The van der Waals surface area contributed by atoms with Crippen molar-refractivity contribution in [3.63, 3.8) is 0 Å². The first-order chi connectivity index (χ1) is 12.5. The zero-order valence-electron chi connectivity index (χ0n) is 15.1. The molecule has 0 amide bonds. The molecule has 26 heavy (non-hydrogen) atoms. The fraction of sp³-hybridized carbons (Fsp3) is 0.294. The van der Waals surface area contributed by atoms with E-state index in [0.717, 1.165) is 33.2 Å². The number of aromatic nitrogens is 6. The zero-order valence-corrected chi connectivity index (χ0v) is 15.9. The van der Waals surface area contributed by atoms with Gasteiger partial charge in [-0.3, -0.25) is 4.68 Å². The van der Waals surface area contributed by atoms with Crippen LogP contribution in [-0.2, 0) is 7.05 Å². The summed E-state index contributed by atoms with van der Waals surface area (Å²) in [5, 5.41) is 11.9. The molecule has 9 heteroatoms. The molecule has 4 heterocycles.